The quantitative estimate of drug-likeness (QED) is 0.0222. The lowest BCUT2D eigenvalue weighted by atomic mass is 10.0. The molecule has 19 heteroatoms. The van der Waals surface area contributed by atoms with E-state index in [0.29, 0.717) is 31.6 Å². The molecule has 17 nitrogen and oxygen atoms in total. The van der Waals surface area contributed by atoms with Crippen molar-refractivity contribution < 1.29 is 80.2 Å². The molecule has 0 aromatic rings. The molecule has 0 saturated heterocycles. The molecule has 0 radical (unpaired) electrons. The standard InChI is InChI=1S/C68H132O17P2/c1-58(2)44-36-28-20-14-11-9-10-12-16-24-34-42-50-67(72)84-63(54-78-65(70)48-40-32-23-17-13-15-21-29-37-45-59(3)4)56-82-86(74,75)80-52-62(69)53-81-87(76,77)83-57-64(55-79-66(71)49-41-33-27-26-31-39-47-61(7)8)85-68(73)51-43-35-25-19-18-22-30-38-46-60(5)6/h58-64,69H,9-57H2,1-8H3,(H,74,75)(H,76,77)/t62-,63-,64-/m1/s1. The minimum absolute atomic E-state index is 0.103. The van der Waals surface area contributed by atoms with Crippen molar-refractivity contribution >= 4 is 39.5 Å². The zero-order valence-electron chi connectivity index (χ0n) is 56.6. The van der Waals surface area contributed by atoms with Crippen molar-refractivity contribution in [1.82, 2.24) is 0 Å². The largest absolute Gasteiger partial charge is 0.472 e. The molecule has 0 rings (SSSR count). The van der Waals surface area contributed by atoms with Crippen LogP contribution in [-0.4, -0.2) is 96.7 Å². The molecule has 0 spiro atoms. The minimum Gasteiger partial charge on any atom is -0.462 e. The van der Waals surface area contributed by atoms with Gasteiger partial charge in [-0.05, 0) is 49.4 Å². The number of carbonyl (C=O) groups excluding carboxylic acids is 4. The van der Waals surface area contributed by atoms with E-state index in [9.17, 15) is 43.2 Å². The average molecular weight is 1280 g/mol. The number of hydrogen-bond acceptors (Lipinski definition) is 15. The summed E-state index contributed by atoms with van der Waals surface area (Å²) in [6, 6.07) is 0. The number of hydrogen-bond donors (Lipinski definition) is 3. The fourth-order valence-electron chi connectivity index (χ4n) is 10.1. The minimum atomic E-state index is -4.95. The van der Waals surface area contributed by atoms with Gasteiger partial charge in [-0.3, -0.25) is 37.3 Å². The lowest BCUT2D eigenvalue weighted by molar-refractivity contribution is -0.161. The molecule has 0 aromatic heterocycles. The van der Waals surface area contributed by atoms with E-state index in [1.807, 2.05) is 0 Å². The maximum atomic E-state index is 13.0. The normalized spacial score (nSPS) is 14.3. The predicted molar refractivity (Wildman–Crippen MR) is 349 cm³/mol. The molecule has 0 heterocycles. The highest BCUT2D eigenvalue weighted by Gasteiger charge is 2.30. The van der Waals surface area contributed by atoms with Crippen molar-refractivity contribution in [3.8, 4) is 0 Å². The van der Waals surface area contributed by atoms with E-state index < -0.39 is 97.5 Å². The van der Waals surface area contributed by atoms with Gasteiger partial charge in [0.2, 0.25) is 0 Å². The van der Waals surface area contributed by atoms with Gasteiger partial charge in [0.15, 0.2) is 12.2 Å². The van der Waals surface area contributed by atoms with Gasteiger partial charge >= 0.3 is 39.5 Å². The van der Waals surface area contributed by atoms with E-state index in [0.717, 1.165) is 114 Å². The fraction of sp³-hybridized carbons (Fsp3) is 0.941. The molecular formula is C68H132O17P2. The summed E-state index contributed by atoms with van der Waals surface area (Å²) < 4.78 is 68.2. The smallest absolute Gasteiger partial charge is 0.462 e. The first kappa shape index (κ1) is 85.1. The molecule has 87 heavy (non-hydrogen) atoms. The lowest BCUT2D eigenvalue weighted by Crippen LogP contribution is -2.30. The summed E-state index contributed by atoms with van der Waals surface area (Å²) in [4.78, 5) is 72.4. The fourth-order valence-corrected chi connectivity index (χ4v) is 11.7. The Morgan fingerprint density at radius 2 is 0.483 bits per heavy atom. The molecule has 0 fully saturated rings. The molecule has 0 aliphatic rings. The number of carbonyl (C=O) groups is 4. The number of phosphoric acid groups is 2. The first-order chi connectivity index (χ1) is 41.6. The third kappa shape index (κ3) is 62.6. The highest BCUT2D eigenvalue weighted by molar-refractivity contribution is 7.47. The van der Waals surface area contributed by atoms with Crippen LogP contribution in [0.1, 0.15) is 331 Å². The molecule has 5 atom stereocenters. The van der Waals surface area contributed by atoms with Gasteiger partial charge in [-0.2, -0.15) is 0 Å². The van der Waals surface area contributed by atoms with Crippen LogP contribution in [0.15, 0.2) is 0 Å². The van der Waals surface area contributed by atoms with Crippen LogP contribution in [0.3, 0.4) is 0 Å². The van der Waals surface area contributed by atoms with Crippen LogP contribution in [0.4, 0.5) is 0 Å². The molecule has 0 aliphatic heterocycles. The van der Waals surface area contributed by atoms with Crippen molar-refractivity contribution in [2.24, 2.45) is 23.7 Å². The van der Waals surface area contributed by atoms with Gasteiger partial charge in [-0.1, -0.05) is 280 Å². The van der Waals surface area contributed by atoms with E-state index in [1.54, 1.807) is 0 Å². The van der Waals surface area contributed by atoms with Gasteiger partial charge in [-0.15, -0.1) is 0 Å². The second-order valence-electron chi connectivity index (χ2n) is 26.5. The molecular weight excluding hydrogens is 1150 g/mol. The van der Waals surface area contributed by atoms with E-state index in [-0.39, 0.29) is 25.7 Å². The van der Waals surface area contributed by atoms with Crippen LogP contribution in [0.5, 0.6) is 0 Å². The highest BCUT2D eigenvalue weighted by atomic mass is 31.2. The summed E-state index contributed by atoms with van der Waals surface area (Å²) in [6.07, 6.45) is 39.1. The number of esters is 4. The number of rotatable bonds is 65. The Balaban J connectivity index is 5.25. The van der Waals surface area contributed by atoms with Gasteiger partial charge in [-0.25, -0.2) is 9.13 Å². The summed E-state index contributed by atoms with van der Waals surface area (Å²) in [5.74, 6) is 0.783. The first-order valence-electron chi connectivity index (χ1n) is 35.2. The Morgan fingerprint density at radius 1 is 0.287 bits per heavy atom. The Hall–Kier alpha value is -1.94. The Morgan fingerprint density at radius 3 is 0.713 bits per heavy atom. The summed E-state index contributed by atoms with van der Waals surface area (Å²) in [7, 11) is -9.90. The lowest BCUT2D eigenvalue weighted by Gasteiger charge is -2.21. The molecule has 0 bridgehead atoms. The van der Waals surface area contributed by atoms with Crippen molar-refractivity contribution in [3.63, 3.8) is 0 Å². The van der Waals surface area contributed by atoms with Crippen LogP contribution >= 0.6 is 15.6 Å². The van der Waals surface area contributed by atoms with E-state index in [4.69, 9.17) is 37.0 Å². The van der Waals surface area contributed by atoms with Crippen LogP contribution in [0.2, 0.25) is 0 Å². The molecule has 516 valence electrons. The zero-order chi connectivity index (χ0) is 64.7. The topological polar surface area (TPSA) is 237 Å². The SMILES string of the molecule is CC(C)CCCCCCCCCCCCCCC(=O)O[C@H](COC(=O)CCCCCCCCCCCC(C)C)COP(=O)(O)OC[C@@H](O)COP(=O)(O)OC[C@@H](COC(=O)CCCCCCCCC(C)C)OC(=O)CCCCCCCCCCC(C)C. The van der Waals surface area contributed by atoms with Crippen LogP contribution in [0, 0.1) is 23.7 Å². The molecule has 0 aromatic carbocycles. The second kappa shape index (κ2) is 57.9. The van der Waals surface area contributed by atoms with E-state index >= 15 is 0 Å². The Bertz CT molecular complexity index is 1730. The monoisotopic (exact) mass is 1280 g/mol. The van der Waals surface area contributed by atoms with Crippen molar-refractivity contribution in [2.45, 2.75) is 350 Å². The summed E-state index contributed by atoms with van der Waals surface area (Å²) in [5.41, 5.74) is 0. The molecule has 0 saturated carbocycles. The molecule has 3 N–H and O–H groups in total. The van der Waals surface area contributed by atoms with Gasteiger partial charge in [0.1, 0.15) is 19.3 Å². The van der Waals surface area contributed by atoms with E-state index in [1.165, 1.54) is 128 Å². The maximum absolute atomic E-state index is 13.0. The van der Waals surface area contributed by atoms with Crippen LogP contribution in [0.25, 0.3) is 0 Å². The summed E-state index contributed by atoms with van der Waals surface area (Å²) in [6.45, 7) is 14.0. The molecule has 2 unspecified atom stereocenters. The Kier molecular flexibility index (Phi) is 56.6. The number of aliphatic hydroxyl groups excluding tert-OH is 1. The van der Waals surface area contributed by atoms with Crippen LogP contribution in [-0.2, 0) is 65.4 Å². The Labute approximate surface area is 530 Å². The first-order valence-corrected chi connectivity index (χ1v) is 38.2. The summed E-state index contributed by atoms with van der Waals surface area (Å²) in [5, 5.41) is 10.6. The average Bonchev–Trinajstić information content (AvgIpc) is 3.58. The zero-order valence-corrected chi connectivity index (χ0v) is 58.4. The van der Waals surface area contributed by atoms with Crippen LogP contribution < -0.4 is 0 Å². The van der Waals surface area contributed by atoms with Crippen molar-refractivity contribution in [3.05, 3.63) is 0 Å². The predicted octanol–water partition coefficient (Wildman–Crippen LogP) is 18.9. The molecule has 0 aliphatic carbocycles. The number of phosphoric ester groups is 2. The number of unbranched alkanes of at least 4 members (excludes halogenated alkanes) is 31. The number of aliphatic hydroxyl groups is 1. The van der Waals surface area contributed by atoms with Gasteiger partial charge in [0, 0.05) is 25.7 Å². The van der Waals surface area contributed by atoms with E-state index in [2.05, 4.69) is 55.4 Å². The highest BCUT2D eigenvalue weighted by Crippen LogP contribution is 2.45. The van der Waals surface area contributed by atoms with Crippen molar-refractivity contribution in [1.29, 1.82) is 0 Å². The third-order valence-electron chi connectivity index (χ3n) is 15.6. The molecule has 0 amide bonds. The third-order valence-corrected chi connectivity index (χ3v) is 17.5. The number of ether oxygens (including phenoxy) is 4. The van der Waals surface area contributed by atoms with Crippen molar-refractivity contribution in [2.75, 3.05) is 39.6 Å². The van der Waals surface area contributed by atoms with Gasteiger partial charge < -0.3 is 33.8 Å². The van der Waals surface area contributed by atoms with Gasteiger partial charge in [0.05, 0.1) is 26.4 Å². The second-order valence-corrected chi connectivity index (χ2v) is 29.4. The maximum Gasteiger partial charge on any atom is 0.472 e. The summed E-state index contributed by atoms with van der Waals surface area (Å²) >= 11 is 0. The van der Waals surface area contributed by atoms with Gasteiger partial charge in [0.25, 0.3) is 0 Å².